The first-order chi connectivity index (χ1) is 8.45. The van der Waals surface area contributed by atoms with Gasteiger partial charge in [0, 0.05) is 21.6 Å². The van der Waals surface area contributed by atoms with Crippen LogP contribution in [0.2, 0.25) is 5.02 Å². The van der Waals surface area contributed by atoms with E-state index in [0.717, 1.165) is 10.9 Å². The quantitative estimate of drug-likeness (QED) is 0.689. The monoisotopic (exact) mass is 261 g/mol. The molecule has 1 heterocycles. The number of aromatic amines is 1. The summed E-state index contributed by atoms with van der Waals surface area (Å²) in [5.74, 6) is 0.772. The van der Waals surface area contributed by atoms with Gasteiger partial charge in [0.05, 0.1) is 0 Å². The molecule has 1 aliphatic rings. The number of hydrogen-bond acceptors (Lipinski definition) is 0. The first-order valence-corrected chi connectivity index (χ1v) is 7.12. The lowest BCUT2D eigenvalue weighted by Gasteiger charge is -2.33. The van der Waals surface area contributed by atoms with Gasteiger partial charge in [0.2, 0.25) is 0 Å². The molecule has 0 radical (unpaired) electrons. The molecule has 18 heavy (non-hydrogen) atoms. The molecule has 2 heteroatoms. The van der Waals surface area contributed by atoms with Crippen LogP contribution < -0.4 is 0 Å². The fourth-order valence-electron chi connectivity index (χ4n) is 3.14. The highest BCUT2D eigenvalue weighted by Gasteiger charge is 2.30. The normalized spacial score (nSPS) is 20.1. The zero-order valence-corrected chi connectivity index (χ0v) is 12.1. The number of hydrogen-bond donors (Lipinski definition) is 1. The van der Waals surface area contributed by atoms with Gasteiger partial charge in [0.1, 0.15) is 0 Å². The number of fused-ring (bicyclic) bond motifs is 3. The summed E-state index contributed by atoms with van der Waals surface area (Å²) in [5, 5.41) is 2.16. The van der Waals surface area contributed by atoms with E-state index in [9.17, 15) is 0 Å². The Morgan fingerprint density at radius 2 is 2.06 bits per heavy atom. The molecule has 0 aliphatic heterocycles. The van der Waals surface area contributed by atoms with Gasteiger partial charge >= 0.3 is 0 Å². The number of nitrogens with one attached hydrogen (secondary N) is 1. The third kappa shape index (κ3) is 1.95. The van der Waals surface area contributed by atoms with E-state index in [4.69, 9.17) is 11.6 Å². The van der Waals surface area contributed by atoms with Crippen molar-refractivity contribution in [3.8, 4) is 0 Å². The Labute approximate surface area is 114 Å². The Morgan fingerprint density at radius 3 is 2.78 bits per heavy atom. The fraction of sp³-hybridized carbons (Fsp3) is 0.500. The summed E-state index contributed by atoms with van der Waals surface area (Å²) in [6.45, 7) is 7.05. The van der Waals surface area contributed by atoms with Gasteiger partial charge in [-0.05, 0) is 54.4 Å². The minimum absolute atomic E-state index is 0.395. The molecule has 1 aliphatic carbocycles. The van der Waals surface area contributed by atoms with Gasteiger partial charge in [-0.1, -0.05) is 32.4 Å². The smallest absolute Gasteiger partial charge is 0.0460 e. The molecule has 1 aromatic carbocycles. The molecule has 3 rings (SSSR count). The Bertz CT molecular complexity index is 589. The van der Waals surface area contributed by atoms with Crippen molar-refractivity contribution >= 4 is 22.5 Å². The van der Waals surface area contributed by atoms with E-state index >= 15 is 0 Å². The zero-order chi connectivity index (χ0) is 12.9. The van der Waals surface area contributed by atoms with E-state index in [1.54, 1.807) is 0 Å². The van der Waals surface area contributed by atoms with Crippen molar-refractivity contribution in [1.82, 2.24) is 4.98 Å². The minimum atomic E-state index is 0.395. The third-order valence-electron chi connectivity index (χ3n) is 4.37. The summed E-state index contributed by atoms with van der Waals surface area (Å²) < 4.78 is 0. The highest BCUT2D eigenvalue weighted by atomic mass is 35.5. The fourth-order valence-corrected chi connectivity index (χ4v) is 3.31. The summed E-state index contributed by atoms with van der Waals surface area (Å²) in [6.07, 6.45) is 3.64. The lowest BCUT2D eigenvalue weighted by molar-refractivity contribution is 0.215. The Hall–Kier alpha value is -0.950. The van der Waals surface area contributed by atoms with Crippen LogP contribution in [0, 0.1) is 11.3 Å². The standard InChI is InChI=1S/C16H20ClN/c1-16(2,3)10-4-6-12-13-9-11(17)5-7-14(13)18-15(12)8-10/h5,7,9-10,18H,4,6,8H2,1-3H3. The molecular weight excluding hydrogens is 242 g/mol. The van der Waals surface area contributed by atoms with Crippen molar-refractivity contribution in [2.75, 3.05) is 0 Å². The summed E-state index contributed by atoms with van der Waals surface area (Å²) in [5.41, 5.74) is 4.55. The molecule has 96 valence electrons. The lowest BCUT2D eigenvalue weighted by atomic mass is 9.72. The van der Waals surface area contributed by atoms with E-state index < -0.39 is 0 Å². The largest absolute Gasteiger partial charge is 0.358 e. The summed E-state index contributed by atoms with van der Waals surface area (Å²) in [4.78, 5) is 3.59. The lowest BCUT2D eigenvalue weighted by Crippen LogP contribution is -2.26. The van der Waals surface area contributed by atoms with Gasteiger partial charge < -0.3 is 4.98 Å². The molecule has 1 unspecified atom stereocenters. The van der Waals surface area contributed by atoms with E-state index in [2.05, 4.69) is 37.9 Å². The van der Waals surface area contributed by atoms with E-state index in [1.807, 2.05) is 6.07 Å². The Kier molecular flexibility index (Phi) is 2.71. The number of aryl methyl sites for hydroxylation is 1. The number of H-pyrrole nitrogens is 1. The molecule has 1 nitrogen and oxygen atoms in total. The second-order valence-electron chi connectivity index (χ2n) is 6.58. The number of halogens is 1. The SMILES string of the molecule is CC(C)(C)C1CCc2c([nH]c3ccc(Cl)cc23)C1. The van der Waals surface area contributed by atoms with Crippen LogP contribution in [0.15, 0.2) is 18.2 Å². The van der Waals surface area contributed by atoms with Crippen molar-refractivity contribution < 1.29 is 0 Å². The van der Waals surface area contributed by atoms with Crippen molar-refractivity contribution in [3.05, 3.63) is 34.5 Å². The van der Waals surface area contributed by atoms with Crippen LogP contribution in [-0.2, 0) is 12.8 Å². The van der Waals surface area contributed by atoms with Crippen LogP contribution in [0.3, 0.4) is 0 Å². The maximum Gasteiger partial charge on any atom is 0.0460 e. The summed E-state index contributed by atoms with van der Waals surface area (Å²) >= 11 is 6.11. The Balaban J connectivity index is 2.05. The summed E-state index contributed by atoms with van der Waals surface area (Å²) in [7, 11) is 0. The predicted molar refractivity (Wildman–Crippen MR) is 78.3 cm³/mol. The number of rotatable bonds is 0. The van der Waals surface area contributed by atoms with Crippen LogP contribution in [0.4, 0.5) is 0 Å². The average Bonchev–Trinajstić information content (AvgIpc) is 2.65. The van der Waals surface area contributed by atoms with Gasteiger partial charge in [0.25, 0.3) is 0 Å². The third-order valence-corrected chi connectivity index (χ3v) is 4.61. The summed E-state index contributed by atoms with van der Waals surface area (Å²) in [6, 6.07) is 6.17. The molecule has 0 saturated heterocycles. The van der Waals surface area contributed by atoms with Gasteiger partial charge in [0.15, 0.2) is 0 Å². The van der Waals surface area contributed by atoms with Crippen molar-refractivity contribution in [3.63, 3.8) is 0 Å². The van der Waals surface area contributed by atoms with Gasteiger partial charge in [-0.2, -0.15) is 0 Å². The molecule has 1 atom stereocenters. The van der Waals surface area contributed by atoms with Crippen LogP contribution in [0.1, 0.15) is 38.4 Å². The Morgan fingerprint density at radius 1 is 1.28 bits per heavy atom. The van der Waals surface area contributed by atoms with Crippen LogP contribution in [0.5, 0.6) is 0 Å². The first-order valence-electron chi connectivity index (χ1n) is 6.74. The first kappa shape index (κ1) is 12.1. The van der Waals surface area contributed by atoms with Crippen LogP contribution >= 0.6 is 11.6 Å². The number of aromatic nitrogens is 1. The van der Waals surface area contributed by atoms with Crippen LogP contribution in [-0.4, -0.2) is 4.98 Å². The van der Waals surface area contributed by atoms with Crippen LogP contribution in [0.25, 0.3) is 10.9 Å². The highest BCUT2D eigenvalue weighted by molar-refractivity contribution is 6.31. The molecule has 1 aromatic heterocycles. The van der Waals surface area contributed by atoms with Gasteiger partial charge in [-0.15, -0.1) is 0 Å². The van der Waals surface area contributed by atoms with E-state index in [1.165, 1.54) is 41.4 Å². The van der Waals surface area contributed by atoms with Crippen molar-refractivity contribution in [1.29, 1.82) is 0 Å². The van der Waals surface area contributed by atoms with Crippen molar-refractivity contribution in [2.24, 2.45) is 11.3 Å². The maximum absolute atomic E-state index is 6.11. The topological polar surface area (TPSA) is 15.8 Å². The maximum atomic E-state index is 6.11. The van der Waals surface area contributed by atoms with Gasteiger partial charge in [-0.3, -0.25) is 0 Å². The second kappa shape index (κ2) is 4.03. The molecule has 0 amide bonds. The molecule has 0 saturated carbocycles. The minimum Gasteiger partial charge on any atom is -0.358 e. The van der Waals surface area contributed by atoms with Gasteiger partial charge in [-0.25, -0.2) is 0 Å². The molecule has 2 aromatic rings. The average molecular weight is 262 g/mol. The van der Waals surface area contributed by atoms with E-state index in [0.29, 0.717) is 5.41 Å². The molecule has 0 spiro atoms. The molecule has 0 bridgehead atoms. The molecule has 1 N–H and O–H groups in total. The molecular formula is C16H20ClN. The van der Waals surface area contributed by atoms with Crippen molar-refractivity contribution in [2.45, 2.75) is 40.0 Å². The molecule has 0 fully saturated rings. The predicted octanol–water partition coefficient (Wildman–Crippen LogP) is 4.97. The second-order valence-corrected chi connectivity index (χ2v) is 7.01. The highest BCUT2D eigenvalue weighted by Crippen LogP contribution is 2.39. The number of benzene rings is 1. The van der Waals surface area contributed by atoms with E-state index in [-0.39, 0.29) is 0 Å². The zero-order valence-electron chi connectivity index (χ0n) is 11.3.